The third-order valence-corrected chi connectivity index (χ3v) is 3.61. The number of benzene rings is 1. The summed E-state index contributed by atoms with van der Waals surface area (Å²) in [6, 6.07) is 6.70. The van der Waals surface area contributed by atoms with Crippen molar-refractivity contribution < 1.29 is 14.3 Å². The number of methoxy groups -OCH3 is 2. The maximum atomic E-state index is 12.1. The van der Waals surface area contributed by atoms with Crippen molar-refractivity contribution in [1.82, 2.24) is 15.3 Å². The Balaban J connectivity index is 1.83. The van der Waals surface area contributed by atoms with Gasteiger partial charge in [0.1, 0.15) is 29.0 Å². The van der Waals surface area contributed by atoms with Crippen molar-refractivity contribution in [1.29, 1.82) is 0 Å². The Bertz CT molecular complexity index is 759. The SMILES string of the molecule is COc1cc(NC(=O)NCCNc2cc(N(C)C)nc(C)n2)cc(OC)c1. The molecule has 0 saturated heterocycles. The number of carbonyl (C=O) groups is 1. The zero-order valence-corrected chi connectivity index (χ0v) is 16.3. The number of amides is 2. The second-order valence-electron chi connectivity index (χ2n) is 5.96. The standard InChI is InChI=1S/C18H26N6O3/c1-12-21-16(11-17(22-12)24(2)3)19-6-7-20-18(25)23-13-8-14(26-4)10-15(9-13)27-5/h8-11H,6-7H2,1-5H3,(H,19,21,22)(H2,20,23,25). The molecule has 0 aliphatic rings. The van der Waals surface area contributed by atoms with Crippen molar-refractivity contribution in [3.63, 3.8) is 0 Å². The number of rotatable bonds is 8. The number of ether oxygens (including phenoxy) is 2. The average Bonchev–Trinajstić information content (AvgIpc) is 2.64. The van der Waals surface area contributed by atoms with Crippen LogP contribution >= 0.6 is 0 Å². The zero-order chi connectivity index (χ0) is 19.8. The Hall–Kier alpha value is -3.23. The fraction of sp³-hybridized carbons (Fsp3) is 0.389. The highest BCUT2D eigenvalue weighted by molar-refractivity contribution is 5.89. The predicted molar refractivity (Wildman–Crippen MR) is 106 cm³/mol. The van der Waals surface area contributed by atoms with Gasteiger partial charge in [0.05, 0.1) is 14.2 Å². The van der Waals surface area contributed by atoms with E-state index in [1.165, 1.54) is 0 Å². The monoisotopic (exact) mass is 374 g/mol. The third kappa shape index (κ3) is 6.21. The molecule has 1 aromatic heterocycles. The molecule has 0 aliphatic heterocycles. The molecule has 0 fully saturated rings. The second-order valence-corrected chi connectivity index (χ2v) is 5.96. The maximum absolute atomic E-state index is 12.1. The van der Waals surface area contributed by atoms with Crippen molar-refractivity contribution in [3.05, 3.63) is 30.1 Å². The Morgan fingerprint density at radius 1 is 1.04 bits per heavy atom. The van der Waals surface area contributed by atoms with Crippen molar-refractivity contribution in [3.8, 4) is 11.5 Å². The van der Waals surface area contributed by atoms with E-state index < -0.39 is 0 Å². The average molecular weight is 374 g/mol. The van der Waals surface area contributed by atoms with Crippen LogP contribution in [0.25, 0.3) is 0 Å². The lowest BCUT2D eigenvalue weighted by Gasteiger charge is -2.14. The van der Waals surface area contributed by atoms with E-state index in [1.807, 2.05) is 32.0 Å². The van der Waals surface area contributed by atoms with E-state index in [0.29, 0.717) is 41.9 Å². The van der Waals surface area contributed by atoms with Gasteiger partial charge in [-0.15, -0.1) is 0 Å². The van der Waals surface area contributed by atoms with Gasteiger partial charge in [0, 0.05) is 57.1 Å². The number of hydrogen-bond acceptors (Lipinski definition) is 7. The van der Waals surface area contributed by atoms with Gasteiger partial charge in [0.15, 0.2) is 0 Å². The Morgan fingerprint density at radius 3 is 2.30 bits per heavy atom. The van der Waals surface area contributed by atoms with E-state index in [4.69, 9.17) is 9.47 Å². The first-order chi connectivity index (χ1) is 12.9. The summed E-state index contributed by atoms with van der Waals surface area (Å²) in [4.78, 5) is 22.6. The molecular formula is C18H26N6O3. The lowest BCUT2D eigenvalue weighted by atomic mass is 10.3. The van der Waals surface area contributed by atoms with Gasteiger partial charge in [-0.2, -0.15) is 0 Å². The minimum atomic E-state index is -0.319. The minimum absolute atomic E-state index is 0.319. The van der Waals surface area contributed by atoms with E-state index >= 15 is 0 Å². The van der Waals surface area contributed by atoms with Crippen LogP contribution in [-0.2, 0) is 0 Å². The van der Waals surface area contributed by atoms with Crippen molar-refractivity contribution in [2.45, 2.75) is 6.92 Å². The minimum Gasteiger partial charge on any atom is -0.497 e. The molecule has 0 unspecified atom stereocenters. The molecule has 2 amide bonds. The van der Waals surface area contributed by atoms with E-state index in [-0.39, 0.29) is 6.03 Å². The molecule has 2 rings (SSSR count). The first-order valence-corrected chi connectivity index (χ1v) is 8.46. The van der Waals surface area contributed by atoms with Gasteiger partial charge in [0.2, 0.25) is 0 Å². The number of aryl methyl sites for hydroxylation is 1. The van der Waals surface area contributed by atoms with Gasteiger partial charge in [0.25, 0.3) is 0 Å². The van der Waals surface area contributed by atoms with Gasteiger partial charge >= 0.3 is 6.03 Å². The van der Waals surface area contributed by atoms with Gasteiger partial charge in [-0.1, -0.05) is 0 Å². The Labute approximate surface area is 159 Å². The number of hydrogen-bond donors (Lipinski definition) is 3. The lowest BCUT2D eigenvalue weighted by molar-refractivity contribution is 0.252. The third-order valence-electron chi connectivity index (χ3n) is 3.61. The normalized spacial score (nSPS) is 10.1. The summed E-state index contributed by atoms with van der Waals surface area (Å²) in [7, 11) is 6.96. The molecule has 27 heavy (non-hydrogen) atoms. The first kappa shape index (κ1) is 20.1. The van der Waals surface area contributed by atoms with Crippen molar-refractivity contribution >= 4 is 23.4 Å². The van der Waals surface area contributed by atoms with Crippen LogP contribution in [0.3, 0.4) is 0 Å². The predicted octanol–water partition coefficient (Wildman–Crippen LogP) is 2.10. The molecule has 9 heteroatoms. The van der Waals surface area contributed by atoms with Crippen LogP contribution in [0.5, 0.6) is 11.5 Å². The summed E-state index contributed by atoms with van der Waals surface area (Å²) < 4.78 is 10.4. The van der Waals surface area contributed by atoms with Crippen LogP contribution in [0.15, 0.2) is 24.3 Å². The summed E-state index contributed by atoms with van der Waals surface area (Å²) in [6.07, 6.45) is 0. The number of anilines is 3. The summed E-state index contributed by atoms with van der Waals surface area (Å²) in [5, 5.41) is 8.71. The highest BCUT2D eigenvalue weighted by Crippen LogP contribution is 2.25. The van der Waals surface area contributed by atoms with E-state index in [9.17, 15) is 4.79 Å². The quantitative estimate of drug-likeness (QED) is 0.608. The maximum Gasteiger partial charge on any atom is 0.319 e. The van der Waals surface area contributed by atoms with E-state index in [2.05, 4.69) is 25.9 Å². The van der Waals surface area contributed by atoms with Crippen molar-refractivity contribution in [2.75, 3.05) is 56.9 Å². The van der Waals surface area contributed by atoms with Gasteiger partial charge in [-0.3, -0.25) is 0 Å². The molecule has 0 atom stereocenters. The fourth-order valence-electron chi connectivity index (χ4n) is 2.29. The zero-order valence-electron chi connectivity index (χ0n) is 16.3. The summed E-state index contributed by atoms with van der Waals surface area (Å²) in [5.74, 6) is 3.42. The molecule has 0 saturated carbocycles. The van der Waals surface area contributed by atoms with E-state index in [1.54, 1.807) is 32.4 Å². The molecule has 3 N–H and O–H groups in total. The number of nitrogens with one attached hydrogen (secondary N) is 3. The summed E-state index contributed by atoms with van der Waals surface area (Å²) in [5.41, 5.74) is 0.582. The van der Waals surface area contributed by atoms with Crippen LogP contribution < -0.4 is 30.3 Å². The highest BCUT2D eigenvalue weighted by Gasteiger charge is 2.06. The van der Waals surface area contributed by atoms with Crippen LogP contribution in [0.1, 0.15) is 5.82 Å². The number of nitrogens with zero attached hydrogens (tertiary/aromatic N) is 3. The Morgan fingerprint density at radius 2 is 1.70 bits per heavy atom. The fourth-order valence-corrected chi connectivity index (χ4v) is 2.29. The van der Waals surface area contributed by atoms with Gasteiger partial charge in [-0.25, -0.2) is 14.8 Å². The summed E-state index contributed by atoms with van der Waals surface area (Å²) >= 11 is 0. The molecule has 146 valence electrons. The van der Waals surface area contributed by atoms with Crippen LogP contribution in [-0.4, -0.2) is 57.4 Å². The molecule has 2 aromatic rings. The molecule has 0 spiro atoms. The van der Waals surface area contributed by atoms with Crippen LogP contribution in [0.4, 0.5) is 22.1 Å². The number of aromatic nitrogens is 2. The molecule has 0 aliphatic carbocycles. The van der Waals surface area contributed by atoms with Gasteiger partial charge in [-0.05, 0) is 6.92 Å². The van der Waals surface area contributed by atoms with Crippen LogP contribution in [0.2, 0.25) is 0 Å². The topological polar surface area (TPSA) is 101 Å². The Kier molecular flexibility index (Phi) is 7.04. The molecule has 9 nitrogen and oxygen atoms in total. The van der Waals surface area contributed by atoms with E-state index in [0.717, 1.165) is 5.82 Å². The number of urea groups is 1. The largest absolute Gasteiger partial charge is 0.497 e. The summed E-state index contributed by atoms with van der Waals surface area (Å²) in [6.45, 7) is 2.79. The molecule has 0 radical (unpaired) electrons. The van der Waals surface area contributed by atoms with Crippen LogP contribution in [0, 0.1) is 6.92 Å². The smallest absolute Gasteiger partial charge is 0.319 e. The molecular weight excluding hydrogens is 348 g/mol. The molecule has 1 aromatic carbocycles. The first-order valence-electron chi connectivity index (χ1n) is 8.46. The van der Waals surface area contributed by atoms with Gasteiger partial charge < -0.3 is 30.3 Å². The number of carbonyl (C=O) groups excluding carboxylic acids is 1. The molecule has 1 heterocycles. The molecule has 0 bridgehead atoms. The second kappa shape index (κ2) is 9.46. The van der Waals surface area contributed by atoms with Crippen molar-refractivity contribution in [2.24, 2.45) is 0 Å². The lowest BCUT2D eigenvalue weighted by Crippen LogP contribution is -2.32. The highest BCUT2D eigenvalue weighted by atomic mass is 16.5.